The number of aliphatic hydroxyl groups excluding tert-OH is 3. The molecular formula is C77H106F3N19O6S. The first-order valence-electron chi connectivity index (χ1n) is 37.7. The number of methoxy groups -OCH3 is 2. The Balaban J connectivity index is 0.000000149. The molecule has 9 aromatic heterocycles. The number of hydrogen-bond acceptors (Lipinski definition) is 20. The number of carbonyl (C=O) groups is 1. The van der Waals surface area contributed by atoms with Crippen molar-refractivity contribution in [3.05, 3.63) is 103 Å². The predicted molar refractivity (Wildman–Crippen MR) is 409 cm³/mol. The fraction of sp³-hybridized carbons (Fsp3) is 0.571. The van der Waals surface area contributed by atoms with Gasteiger partial charge in [-0.2, -0.15) is 18.3 Å². The molecule has 3 saturated carbocycles. The minimum atomic E-state index is -4.28. The van der Waals surface area contributed by atoms with Gasteiger partial charge in [0.05, 0.1) is 84.3 Å². The molecular weight excluding hydrogens is 1380 g/mol. The summed E-state index contributed by atoms with van der Waals surface area (Å²) in [6, 6.07) is 13.8. The summed E-state index contributed by atoms with van der Waals surface area (Å²) in [6.07, 6.45) is 25.6. The van der Waals surface area contributed by atoms with Gasteiger partial charge < -0.3 is 50.5 Å². The molecule has 0 radical (unpaired) electrons. The van der Waals surface area contributed by atoms with E-state index in [2.05, 4.69) is 97.5 Å². The number of pyridine rings is 2. The number of fused-ring (bicyclic) bond motifs is 3. The van der Waals surface area contributed by atoms with Crippen LogP contribution in [0.3, 0.4) is 0 Å². The summed E-state index contributed by atoms with van der Waals surface area (Å²) < 4.78 is 64.6. The van der Waals surface area contributed by atoms with Crippen molar-refractivity contribution in [2.75, 3.05) is 80.7 Å². The second-order valence-corrected chi connectivity index (χ2v) is 33.1. The second kappa shape index (κ2) is 33.8. The minimum absolute atomic E-state index is 0.0682. The van der Waals surface area contributed by atoms with Crippen LogP contribution in [-0.2, 0) is 29.2 Å². The SMILES string of the molecule is C=S(C)(=N)c1ccc(-c2cc(C3CCC(O)CC3)n3nc(N[C@@H](C)CC(F)(F)F)ncc23)cn1.COC[C@H](C)Nc1ncc2c(-c3ccnc(N4CCCCC4)c3)cc(C3CCC(O)CC3)n2n1.COC[C@H](C)Nc1ncc2c(-c3cnn(C(C)(C)C(=O)N4CCCCC4)c3)cc(C3CCC(O)CC3)n2n1. The van der Waals surface area contributed by atoms with Gasteiger partial charge in [-0.15, -0.1) is 15.3 Å². The first-order valence-corrected chi connectivity index (χ1v) is 39.9. The number of ether oxygens (including phenoxy) is 2. The highest BCUT2D eigenvalue weighted by molar-refractivity contribution is 8.00. The lowest BCUT2D eigenvalue weighted by Gasteiger charge is -2.34. The van der Waals surface area contributed by atoms with Crippen LogP contribution < -0.4 is 20.9 Å². The zero-order valence-corrected chi connectivity index (χ0v) is 63.3. The third-order valence-corrected chi connectivity index (χ3v) is 22.5. The van der Waals surface area contributed by atoms with Crippen LogP contribution in [-0.4, -0.2) is 198 Å². The van der Waals surface area contributed by atoms with Gasteiger partial charge in [0.2, 0.25) is 23.8 Å². The number of likely N-dealkylation sites (tertiary alicyclic amines) is 1. The number of nitrogens with zero attached hydrogens (tertiary/aromatic N) is 15. The summed E-state index contributed by atoms with van der Waals surface area (Å²) in [5.74, 6) is 7.14. The molecule has 2 saturated heterocycles. The molecule has 9 aromatic rings. The fourth-order valence-electron chi connectivity index (χ4n) is 15.6. The molecule has 29 heteroatoms. The number of aliphatic hydroxyl groups is 3. The van der Waals surface area contributed by atoms with E-state index in [1.54, 1.807) is 48.1 Å². The molecule has 1 unspecified atom stereocenters. The summed E-state index contributed by atoms with van der Waals surface area (Å²) >= 11 is 0. The van der Waals surface area contributed by atoms with E-state index < -0.39 is 33.6 Å². The van der Waals surface area contributed by atoms with E-state index in [4.69, 9.17) is 24.5 Å². The molecule has 572 valence electrons. The lowest BCUT2D eigenvalue weighted by Crippen LogP contribution is -2.48. The van der Waals surface area contributed by atoms with Gasteiger partial charge in [0.25, 0.3) is 0 Å². The average molecular weight is 1480 g/mol. The third kappa shape index (κ3) is 18.6. The molecule has 11 heterocycles. The summed E-state index contributed by atoms with van der Waals surface area (Å²) in [7, 11) is 1.43. The topological polar surface area (TPSA) is 297 Å². The highest BCUT2D eigenvalue weighted by Gasteiger charge is 2.37. The molecule has 4 atom stereocenters. The molecule has 14 rings (SSSR count). The molecule has 5 fully saturated rings. The van der Waals surface area contributed by atoms with Crippen molar-refractivity contribution in [3.63, 3.8) is 0 Å². The smallest absolute Gasteiger partial charge is 0.391 e. The van der Waals surface area contributed by atoms with E-state index >= 15 is 0 Å². The van der Waals surface area contributed by atoms with Crippen LogP contribution in [0.25, 0.3) is 49.9 Å². The third-order valence-electron chi connectivity index (χ3n) is 21.4. The first-order chi connectivity index (χ1) is 50.8. The molecule has 0 bridgehead atoms. The van der Waals surface area contributed by atoms with Gasteiger partial charge in [0.15, 0.2) is 0 Å². The van der Waals surface area contributed by atoms with Crippen molar-refractivity contribution in [1.82, 2.24) is 68.4 Å². The van der Waals surface area contributed by atoms with E-state index in [-0.39, 0.29) is 48.2 Å². The number of aromatic nitrogens is 13. The molecule has 1 amide bonds. The summed E-state index contributed by atoms with van der Waals surface area (Å²) in [5, 5.41) is 59.1. The first kappa shape index (κ1) is 77.3. The van der Waals surface area contributed by atoms with Crippen molar-refractivity contribution in [2.45, 2.75) is 228 Å². The predicted octanol–water partition coefficient (Wildman–Crippen LogP) is 13.0. The summed E-state index contributed by atoms with van der Waals surface area (Å²) in [5.41, 5.74) is 11.0. The number of hydrogen-bond donors (Lipinski definition) is 7. The van der Waals surface area contributed by atoms with Gasteiger partial charge in [-0.05, 0) is 198 Å². The molecule has 0 aromatic carbocycles. The Morgan fingerprint density at radius 2 is 1.01 bits per heavy atom. The van der Waals surface area contributed by atoms with Gasteiger partial charge in [0, 0.05) is 140 Å². The van der Waals surface area contributed by atoms with Crippen LogP contribution in [0.5, 0.6) is 0 Å². The number of amides is 1. The number of alkyl halides is 3. The minimum Gasteiger partial charge on any atom is -0.393 e. The Kier molecular flexibility index (Phi) is 24.7. The van der Waals surface area contributed by atoms with Crippen molar-refractivity contribution >= 4 is 61.4 Å². The second-order valence-electron chi connectivity index (χ2n) is 30.5. The number of anilines is 4. The quantitative estimate of drug-likeness (QED) is 0.0329. The number of halogens is 3. The van der Waals surface area contributed by atoms with Crippen LogP contribution in [0.2, 0.25) is 0 Å². The fourth-order valence-corrected chi connectivity index (χ4v) is 16.3. The van der Waals surface area contributed by atoms with E-state index in [1.165, 1.54) is 38.3 Å². The molecule has 106 heavy (non-hydrogen) atoms. The molecule has 0 spiro atoms. The van der Waals surface area contributed by atoms with E-state index in [0.29, 0.717) is 54.8 Å². The summed E-state index contributed by atoms with van der Waals surface area (Å²) in [6.45, 7) is 14.3. The van der Waals surface area contributed by atoms with E-state index in [0.717, 1.165) is 170 Å². The Labute approximate surface area is 619 Å². The highest BCUT2D eigenvalue weighted by Crippen LogP contribution is 2.42. The Morgan fingerprint density at radius 1 is 0.575 bits per heavy atom. The van der Waals surface area contributed by atoms with Crippen molar-refractivity contribution in [3.8, 4) is 33.4 Å². The molecule has 25 nitrogen and oxygen atoms in total. The normalized spacial score (nSPS) is 21.8. The van der Waals surface area contributed by atoms with Gasteiger partial charge in [0.1, 0.15) is 11.4 Å². The lowest BCUT2D eigenvalue weighted by molar-refractivity contribution is -0.140. The molecule has 7 N–H and O–H groups in total. The van der Waals surface area contributed by atoms with Crippen LogP contribution in [0, 0.1) is 4.78 Å². The van der Waals surface area contributed by atoms with Crippen LogP contribution in [0.1, 0.15) is 191 Å². The van der Waals surface area contributed by atoms with Gasteiger partial charge in [-0.25, -0.2) is 38.5 Å². The van der Waals surface area contributed by atoms with Gasteiger partial charge in [-0.3, -0.25) is 14.3 Å². The Morgan fingerprint density at radius 3 is 1.43 bits per heavy atom. The number of piperidine rings is 2. The Bertz CT molecular complexity index is 4530. The van der Waals surface area contributed by atoms with Crippen LogP contribution in [0.4, 0.5) is 36.8 Å². The van der Waals surface area contributed by atoms with E-state index in [9.17, 15) is 33.3 Å². The van der Waals surface area contributed by atoms with Crippen LogP contribution in [0.15, 0.2) is 90.9 Å². The average Bonchev–Trinajstić information content (AvgIpc) is 1.62. The van der Waals surface area contributed by atoms with Gasteiger partial charge >= 0.3 is 6.18 Å². The van der Waals surface area contributed by atoms with Crippen LogP contribution >= 0.6 is 0 Å². The van der Waals surface area contributed by atoms with Crippen molar-refractivity contribution < 1.29 is 42.8 Å². The highest BCUT2D eigenvalue weighted by atomic mass is 32.2. The molecule has 2 aliphatic heterocycles. The Hall–Kier alpha value is -8.35. The lowest BCUT2D eigenvalue weighted by atomic mass is 9.85. The molecule has 5 aliphatic rings. The standard InChI is InChI=1S/C28H41N7O3.C26H36N6O2.C23H29F3N6OS/c1-19(18-38-4)31-27-29-16-25-23(14-24(35(25)32-27)20-8-10-22(36)11-9-20)21-15-30-34(17-21)28(2,3)26(37)33-12-6-5-7-13-33;1-18(17-34-2)29-26-28-16-24-22(15-23(32(24)30-26)19-6-8-21(33)9-7-19)20-10-11-27-25(14-20)31-12-4-3-5-13-31;1-14(11-23(24,25)26)30-22-29-13-20-18(16-6-9-21(28-12-16)34(2,3)27)10-19(32(20)31-22)15-4-7-17(33)8-5-15/h14-17,19-20,22,36H,5-13,18H2,1-4H3,(H,31,32);10-11,14-16,18-19,21,33H,3-9,12-13,17H2,1-2H3,(H,29,30);6,9-10,12-15,17,27,33H,2,4-5,7-8,11H2,1,3H3,(H,30,31)/t19-,20?,22?;18-,19?,21?;14-,15?,17?,34?/m000/s1. The molecule has 3 aliphatic carbocycles. The maximum atomic E-state index is 13.4. The largest absolute Gasteiger partial charge is 0.393 e. The maximum absolute atomic E-state index is 13.4. The number of nitrogens with one attached hydrogen (secondary N) is 4. The monoisotopic (exact) mass is 1480 g/mol. The zero-order chi connectivity index (χ0) is 75.0. The summed E-state index contributed by atoms with van der Waals surface area (Å²) in [4.78, 5) is 40.4. The van der Waals surface area contributed by atoms with Gasteiger partial charge in [-0.1, -0.05) is 21.4 Å². The van der Waals surface area contributed by atoms with Crippen molar-refractivity contribution in [2.24, 2.45) is 0 Å². The zero-order valence-electron chi connectivity index (χ0n) is 62.5. The number of rotatable bonds is 21. The van der Waals surface area contributed by atoms with Crippen molar-refractivity contribution in [1.29, 1.82) is 4.78 Å². The number of carbonyl (C=O) groups excluding carboxylic acids is 1. The van der Waals surface area contributed by atoms with E-state index in [1.807, 2.05) is 73.3 Å². The maximum Gasteiger partial charge on any atom is 0.391 e.